The Hall–Kier alpha value is -0.424. The minimum absolute atomic E-state index is 0.181. The van der Waals surface area contributed by atoms with Gasteiger partial charge in [0.25, 0.3) is 0 Å². The molecule has 0 aromatic carbocycles. The van der Waals surface area contributed by atoms with Crippen molar-refractivity contribution in [2.24, 2.45) is 0 Å². The van der Waals surface area contributed by atoms with Crippen molar-refractivity contribution in [1.82, 2.24) is 0 Å². The second kappa shape index (κ2) is 35.8. The number of unbranched alkanes of at least 4 members (excludes halogenated alkanes) is 28. The second-order valence-electron chi connectivity index (χ2n) is 12.5. The molecule has 0 atom stereocenters. The average Bonchev–Trinajstić information content (AvgIpc) is 2.97. The van der Waals surface area contributed by atoms with Crippen LogP contribution in [0.5, 0.6) is 0 Å². The van der Waals surface area contributed by atoms with Crippen LogP contribution in [0.15, 0.2) is 0 Å². The fourth-order valence-corrected chi connectivity index (χ4v) is 6.58. The first-order chi connectivity index (χ1) is 20.2. The van der Waals surface area contributed by atoms with Gasteiger partial charge in [-0.25, -0.2) is 0 Å². The number of carbonyl (C=O) groups excluding carboxylic acids is 2. The average molecular weight is 637 g/mol. The molecule has 5 heteroatoms. The topological polar surface area (TPSA) is 52.6 Å². The van der Waals surface area contributed by atoms with E-state index in [1.54, 1.807) is 0 Å². The van der Waals surface area contributed by atoms with Crippen molar-refractivity contribution in [2.75, 3.05) is 0 Å². The predicted octanol–water partition coefficient (Wildman–Crippen LogP) is 12.1. The molecule has 1 radical (unpaired) electrons. The Bertz CT molecular complexity index is 494. The first-order valence-electron chi connectivity index (χ1n) is 18.4. The predicted molar refractivity (Wildman–Crippen MR) is 177 cm³/mol. The summed E-state index contributed by atoms with van der Waals surface area (Å²) in [4.78, 5) is 23.8. The SMILES string of the molecule is CCCCCCCCCCCCCCCCCC(=O)[O][Ga][O]C(=O)CCCCCCCCCCCCCCCCC. The molecule has 0 amide bonds. The first kappa shape index (κ1) is 40.6. The Labute approximate surface area is 265 Å². The van der Waals surface area contributed by atoms with Crippen molar-refractivity contribution >= 4 is 30.1 Å². The summed E-state index contributed by atoms with van der Waals surface area (Å²) in [5.41, 5.74) is 0. The van der Waals surface area contributed by atoms with Crippen LogP contribution in [0.3, 0.4) is 0 Å². The molecule has 0 N–H and O–H groups in total. The molecule has 0 aliphatic rings. The van der Waals surface area contributed by atoms with E-state index in [4.69, 9.17) is 7.06 Å². The fourth-order valence-electron chi connectivity index (χ4n) is 5.53. The molecule has 0 unspecified atom stereocenters. The van der Waals surface area contributed by atoms with Gasteiger partial charge < -0.3 is 0 Å². The third-order valence-corrected chi connectivity index (χ3v) is 9.83. The van der Waals surface area contributed by atoms with Gasteiger partial charge in [-0.15, -0.1) is 0 Å². The summed E-state index contributed by atoms with van der Waals surface area (Å²) in [7, 11) is 0. The van der Waals surface area contributed by atoms with Gasteiger partial charge in [-0.3, -0.25) is 0 Å². The molecule has 0 aliphatic carbocycles. The molecule has 0 rings (SSSR count). The first-order valence-corrected chi connectivity index (χ1v) is 20.4. The van der Waals surface area contributed by atoms with Crippen LogP contribution in [-0.2, 0) is 16.6 Å². The van der Waals surface area contributed by atoms with Crippen LogP contribution in [0.1, 0.15) is 219 Å². The Balaban J connectivity index is 3.26. The summed E-state index contributed by atoms with van der Waals surface area (Å²) in [5.74, 6) is -0.362. The second-order valence-corrected chi connectivity index (χ2v) is 13.9. The maximum absolute atomic E-state index is 11.9. The van der Waals surface area contributed by atoms with Crippen LogP contribution < -0.4 is 0 Å². The normalized spacial score (nSPS) is 11.1. The van der Waals surface area contributed by atoms with Crippen molar-refractivity contribution in [3.8, 4) is 0 Å². The molecule has 0 aliphatic heterocycles. The van der Waals surface area contributed by atoms with E-state index in [1.165, 1.54) is 167 Å². The molecule has 4 nitrogen and oxygen atoms in total. The van der Waals surface area contributed by atoms with Gasteiger partial charge in [-0.05, 0) is 0 Å². The van der Waals surface area contributed by atoms with E-state index in [9.17, 15) is 9.59 Å². The van der Waals surface area contributed by atoms with Crippen LogP contribution in [-0.4, -0.2) is 30.1 Å². The van der Waals surface area contributed by atoms with E-state index >= 15 is 0 Å². The third kappa shape index (κ3) is 35.7. The van der Waals surface area contributed by atoms with E-state index in [2.05, 4.69) is 13.8 Å². The molecule has 0 saturated heterocycles. The van der Waals surface area contributed by atoms with Crippen molar-refractivity contribution in [2.45, 2.75) is 219 Å². The van der Waals surface area contributed by atoms with Gasteiger partial charge >= 0.3 is 175 Å². The van der Waals surface area contributed by atoms with E-state index in [-0.39, 0.29) is 11.9 Å². The van der Waals surface area contributed by atoms with Gasteiger partial charge in [0.2, 0.25) is 0 Å². The fraction of sp³-hybridized carbons (Fsp3) is 0.944. The summed E-state index contributed by atoms with van der Waals surface area (Å²) in [6, 6.07) is 0. The van der Waals surface area contributed by atoms with E-state index in [0.717, 1.165) is 25.7 Å². The molecule has 0 spiro atoms. The van der Waals surface area contributed by atoms with E-state index in [0.29, 0.717) is 12.8 Å². The molecule has 0 aromatic heterocycles. The Morgan fingerprint density at radius 3 is 0.756 bits per heavy atom. The van der Waals surface area contributed by atoms with Crippen molar-refractivity contribution in [1.29, 1.82) is 0 Å². The summed E-state index contributed by atoms with van der Waals surface area (Å²) in [5, 5.41) is 0. The van der Waals surface area contributed by atoms with Crippen LogP contribution in [0.25, 0.3) is 0 Å². The van der Waals surface area contributed by atoms with Gasteiger partial charge in [-0.1, -0.05) is 90.9 Å². The van der Waals surface area contributed by atoms with E-state index < -0.39 is 18.1 Å². The summed E-state index contributed by atoms with van der Waals surface area (Å²) in [6.45, 7) is 4.55. The number of carbonyl (C=O) groups is 2. The minimum atomic E-state index is -1.68. The Kier molecular flexibility index (Phi) is 35.4. The van der Waals surface area contributed by atoms with Gasteiger partial charge in [-0.2, -0.15) is 0 Å². The molecule has 0 saturated carbocycles. The molecular formula is C36H70GaO4. The van der Waals surface area contributed by atoms with E-state index in [1.807, 2.05) is 0 Å². The number of rotatable bonds is 34. The molecule has 241 valence electrons. The molecule has 0 aromatic rings. The zero-order chi connectivity index (χ0) is 29.9. The van der Waals surface area contributed by atoms with Crippen molar-refractivity contribution < 1.29 is 16.6 Å². The molecule has 41 heavy (non-hydrogen) atoms. The minimum Gasteiger partial charge on any atom is -0.0654 e. The zero-order valence-corrected chi connectivity index (χ0v) is 30.3. The van der Waals surface area contributed by atoms with Gasteiger partial charge in [0.05, 0.1) is 0 Å². The zero-order valence-electron chi connectivity index (χ0n) is 27.8. The summed E-state index contributed by atoms with van der Waals surface area (Å²) < 4.78 is 10.5. The Morgan fingerprint density at radius 1 is 0.341 bits per heavy atom. The van der Waals surface area contributed by atoms with Gasteiger partial charge in [0.15, 0.2) is 0 Å². The molecule has 0 fully saturated rings. The molecule has 0 heterocycles. The third-order valence-electron chi connectivity index (χ3n) is 8.33. The Morgan fingerprint density at radius 2 is 0.537 bits per heavy atom. The maximum atomic E-state index is 11.9. The number of hydrogen-bond acceptors (Lipinski definition) is 4. The quantitative estimate of drug-likeness (QED) is 0.0521. The van der Waals surface area contributed by atoms with Crippen LogP contribution in [0, 0.1) is 0 Å². The number of hydrogen-bond donors (Lipinski definition) is 0. The monoisotopic (exact) mass is 635 g/mol. The van der Waals surface area contributed by atoms with Crippen LogP contribution >= 0.6 is 0 Å². The van der Waals surface area contributed by atoms with Gasteiger partial charge in [0.1, 0.15) is 0 Å². The smallest absolute Gasteiger partial charge is 0.0654 e. The van der Waals surface area contributed by atoms with Crippen molar-refractivity contribution in [3.05, 3.63) is 0 Å². The summed E-state index contributed by atoms with van der Waals surface area (Å²) >= 11 is -1.68. The standard InChI is InChI=1S/2C18H36O2.Ga/c2*1-2-3-4-5-6-7-8-9-10-11-12-13-14-15-16-17-18(19)20;/h2*2-17H2,1H3,(H,19,20);/q;;+2/p-2. The molecular weight excluding hydrogens is 566 g/mol. The summed E-state index contributed by atoms with van der Waals surface area (Å²) in [6.07, 6.45) is 40.4. The van der Waals surface area contributed by atoms with Crippen molar-refractivity contribution in [3.63, 3.8) is 0 Å². The van der Waals surface area contributed by atoms with Gasteiger partial charge in [0, 0.05) is 0 Å². The molecule has 0 bridgehead atoms. The van der Waals surface area contributed by atoms with Crippen LogP contribution in [0.4, 0.5) is 0 Å². The van der Waals surface area contributed by atoms with Crippen LogP contribution in [0.2, 0.25) is 0 Å².